The van der Waals surface area contributed by atoms with Gasteiger partial charge in [-0.1, -0.05) is 243 Å². The summed E-state index contributed by atoms with van der Waals surface area (Å²) in [5.74, 6) is 9.42. The minimum atomic E-state index is 0.0360. The maximum atomic E-state index is 11.4. The lowest BCUT2D eigenvalue weighted by Gasteiger charge is -2.07. The fraction of sp³-hybridized carbons (Fsp3) is 0.904. The summed E-state index contributed by atoms with van der Waals surface area (Å²) in [5.41, 5.74) is 2.13. The molecule has 0 aliphatic rings. The van der Waals surface area contributed by atoms with Crippen molar-refractivity contribution in [3.8, 4) is 0 Å². The Morgan fingerprint density at radius 1 is 0.286 bits per heavy atom. The number of carbonyl (C=O) groups excluding carboxylic acids is 4. The van der Waals surface area contributed by atoms with Crippen LogP contribution in [0.25, 0.3) is 0 Å². The Labute approximate surface area is 607 Å². The van der Waals surface area contributed by atoms with Gasteiger partial charge in [0.15, 0.2) is 11.6 Å². The first-order valence-corrected chi connectivity index (χ1v) is 39.7. The summed E-state index contributed by atoms with van der Waals surface area (Å²) in [6.45, 7) is 68.3. The molecule has 2 aromatic rings. The van der Waals surface area contributed by atoms with E-state index < -0.39 is 0 Å². The van der Waals surface area contributed by atoms with Crippen molar-refractivity contribution in [1.82, 2.24) is 30.0 Å². The van der Waals surface area contributed by atoms with E-state index in [1.807, 2.05) is 72.5 Å². The SMILES string of the molecule is CC(C)CCC(C)C.CC(C)CCCCC(=O)C(C)C.CC(C)CCCOCC(=O)C(C)C.CC(C)CCCc1cn(CCOCC(=O)C(C)C)nn1.CC(C)CCCc1cn(CCOCCC(C)C)nn1.CC(C)CCOCCC(C)C.CC(C)CCOCCCCC(=O)C(C)C. The topological polar surface area (TPSA) is 176 Å². The maximum Gasteiger partial charge on any atom is 0.160 e. The standard InChI is InChI=1S/C15H27N3O2.C15H29N3O.C13H26O2.C11H22O2.C11H22O.C10H22O.C8H18/c1-12(2)6-5-7-14-10-18(17-16-14)8-9-20-11-15(19)13(3)4;1-13(2)6-5-7-15-12-18(17-16-15)9-11-19-10-8-14(3)4;1-11(2)8-10-15-9-6-5-7-13(14)12(3)4;1-9(2)6-5-7-13-8-11(12)10(3)4;1-9(2)7-5-6-8-11(12)10(3)4;1-9(2)5-7-11-8-6-10(3)4;1-7(2)5-6-8(3)4/h10,12-13H,5-9,11H2,1-4H3;12-14H,5-11H2,1-4H3;11-12H,5-10H2,1-4H3;9-10H,5-8H2,1-4H3;9-10H,5-8H2,1-4H3;9-10H,5-8H2,1-4H3;7-8H,5-6H2,1-4H3. The monoisotopic (exact) mass is 1390 g/mol. The van der Waals surface area contributed by atoms with Crippen LogP contribution in [0.3, 0.4) is 0 Å². The normalized spacial score (nSPS) is 11.4. The van der Waals surface area contributed by atoms with E-state index in [1.165, 1.54) is 64.2 Å². The van der Waals surface area contributed by atoms with Crippen LogP contribution < -0.4 is 0 Å². The molecular formula is C83H166N6O9. The number of Topliss-reactive ketones (excluding diaryl/α,β-unsaturated/α-hetero) is 4. The van der Waals surface area contributed by atoms with Crippen LogP contribution >= 0.6 is 0 Å². The molecule has 0 saturated heterocycles. The lowest BCUT2D eigenvalue weighted by atomic mass is 10.0. The fourth-order valence-electron chi connectivity index (χ4n) is 8.28. The number of ketones is 4. The zero-order chi connectivity index (χ0) is 75.8. The molecule has 0 aromatic carbocycles. The first-order valence-electron chi connectivity index (χ1n) is 39.7. The first-order chi connectivity index (χ1) is 45.9. The minimum Gasteiger partial charge on any atom is -0.381 e. The van der Waals surface area contributed by atoms with Gasteiger partial charge in [-0.25, -0.2) is 9.36 Å². The molecule has 0 unspecified atom stereocenters. The third kappa shape index (κ3) is 85.2. The number of unbranched alkanes of at least 4 members (excludes halogenated alkanes) is 2. The van der Waals surface area contributed by atoms with E-state index in [-0.39, 0.29) is 48.5 Å². The summed E-state index contributed by atoms with van der Waals surface area (Å²) in [6, 6.07) is 0. The molecule has 0 N–H and O–H groups in total. The average molecular weight is 1390 g/mol. The quantitative estimate of drug-likeness (QED) is 0.0573. The highest BCUT2D eigenvalue weighted by Crippen LogP contribution is 2.14. The van der Waals surface area contributed by atoms with Crippen molar-refractivity contribution in [2.45, 2.75) is 342 Å². The molecule has 15 heteroatoms. The highest BCUT2D eigenvalue weighted by molar-refractivity contribution is 5.82. The molecule has 2 rings (SSSR count). The summed E-state index contributed by atoms with van der Waals surface area (Å²) in [7, 11) is 0. The van der Waals surface area contributed by atoms with Crippen molar-refractivity contribution >= 4 is 23.1 Å². The Balaban J connectivity index is -0.000000349. The minimum absolute atomic E-state index is 0.0360. The van der Waals surface area contributed by atoms with Gasteiger partial charge in [-0.05, 0) is 143 Å². The Kier molecular flexibility index (Phi) is 74.7. The van der Waals surface area contributed by atoms with Crippen LogP contribution in [0.2, 0.25) is 0 Å². The zero-order valence-corrected chi connectivity index (χ0v) is 69.9. The molecule has 2 aromatic heterocycles. The Morgan fingerprint density at radius 3 is 0.878 bits per heavy atom. The molecule has 98 heavy (non-hydrogen) atoms. The lowest BCUT2D eigenvalue weighted by molar-refractivity contribution is -0.127. The summed E-state index contributed by atoms with van der Waals surface area (Å²) >= 11 is 0. The van der Waals surface area contributed by atoms with Gasteiger partial charge in [0.05, 0.1) is 37.7 Å². The number of aryl methyl sites for hydroxylation is 2. The summed E-state index contributed by atoms with van der Waals surface area (Å²) in [6.07, 6.45) is 27.5. The van der Waals surface area contributed by atoms with Gasteiger partial charge in [0.1, 0.15) is 24.8 Å². The number of carbonyl (C=O) groups is 4. The van der Waals surface area contributed by atoms with Gasteiger partial charge in [-0.15, -0.1) is 10.2 Å². The van der Waals surface area contributed by atoms with E-state index >= 15 is 0 Å². The number of aromatic nitrogens is 6. The molecular weight excluding hydrogens is 1220 g/mol. The number of ether oxygens (including phenoxy) is 5. The van der Waals surface area contributed by atoms with Crippen LogP contribution in [0.1, 0.15) is 327 Å². The van der Waals surface area contributed by atoms with Crippen molar-refractivity contribution < 1.29 is 42.9 Å². The van der Waals surface area contributed by atoms with Gasteiger partial charge in [-0.2, -0.15) is 0 Å². The largest absolute Gasteiger partial charge is 0.381 e. The van der Waals surface area contributed by atoms with Gasteiger partial charge in [0.2, 0.25) is 0 Å². The number of nitrogens with zero attached hydrogens (tertiary/aromatic N) is 6. The molecule has 0 atom stereocenters. The smallest absolute Gasteiger partial charge is 0.160 e. The predicted octanol–water partition coefficient (Wildman–Crippen LogP) is 21.5. The van der Waals surface area contributed by atoms with Gasteiger partial charge in [0.25, 0.3) is 0 Å². The molecule has 0 fully saturated rings. The summed E-state index contributed by atoms with van der Waals surface area (Å²) < 4.78 is 30.8. The maximum absolute atomic E-state index is 11.4. The van der Waals surface area contributed by atoms with Crippen LogP contribution in [0.15, 0.2) is 12.4 Å². The second-order valence-corrected chi connectivity index (χ2v) is 32.7. The van der Waals surface area contributed by atoms with Crippen molar-refractivity contribution in [3.63, 3.8) is 0 Å². The fourth-order valence-corrected chi connectivity index (χ4v) is 8.28. The van der Waals surface area contributed by atoms with Gasteiger partial charge < -0.3 is 23.7 Å². The van der Waals surface area contributed by atoms with Crippen molar-refractivity contribution in [2.24, 2.45) is 82.9 Å². The Bertz CT molecular complexity index is 2020. The average Bonchev–Trinajstić information content (AvgIpc) is 2.30. The zero-order valence-electron chi connectivity index (χ0n) is 69.9. The van der Waals surface area contributed by atoms with Crippen LogP contribution in [0.5, 0.6) is 0 Å². The molecule has 0 saturated carbocycles. The molecule has 15 nitrogen and oxygen atoms in total. The number of hydrogen-bond acceptors (Lipinski definition) is 13. The summed E-state index contributed by atoms with van der Waals surface area (Å²) in [4.78, 5) is 45.0. The summed E-state index contributed by atoms with van der Waals surface area (Å²) in [5, 5.41) is 16.5. The van der Waals surface area contributed by atoms with Crippen LogP contribution in [-0.2, 0) is 68.8 Å². The molecule has 582 valence electrons. The van der Waals surface area contributed by atoms with E-state index in [9.17, 15) is 19.2 Å². The highest BCUT2D eigenvalue weighted by atomic mass is 16.5. The van der Waals surface area contributed by atoms with Crippen LogP contribution in [-0.4, -0.2) is 119 Å². The third-order valence-electron chi connectivity index (χ3n) is 15.8. The second-order valence-electron chi connectivity index (χ2n) is 32.7. The Morgan fingerprint density at radius 2 is 0.551 bits per heavy atom. The molecule has 0 radical (unpaired) electrons. The lowest BCUT2D eigenvalue weighted by Crippen LogP contribution is -2.17. The van der Waals surface area contributed by atoms with E-state index in [1.54, 1.807) is 4.68 Å². The highest BCUT2D eigenvalue weighted by Gasteiger charge is 2.11. The van der Waals surface area contributed by atoms with E-state index in [4.69, 9.17) is 23.7 Å². The van der Waals surface area contributed by atoms with E-state index in [0.29, 0.717) is 43.0 Å². The molecule has 0 amide bonds. The third-order valence-corrected chi connectivity index (χ3v) is 15.8. The molecule has 0 bridgehead atoms. The van der Waals surface area contributed by atoms with Crippen molar-refractivity contribution in [1.29, 1.82) is 0 Å². The van der Waals surface area contributed by atoms with Crippen molar-refractivity contribution in [3.05, 3.63) is 23.8 Å². The molecule has 0 aliphatic heterocycles. The predicted molar refractivity (Wildman–Crippen MR) is 417 cm³/mol. The first kappa shape index (κ1) is 103. The van der Waals surface area contributed by atoms with E-state index in [2.05, 4.69) is 159 Å². The van der Waals surface area contributed by atoms with Crippen molar-refractivity contribution in [2.75, 3.05) is 66.1 Å². The van der Waals surface area contributed by atoms with Gasteiger partial charge in [-0.3, -0.25) is 19.2 Å². The van der Waals surface area contributed by atoms with E-state index in [0.717, 1.165) is 176 Å². The number of rotatable bonds is 51. The van der Waals surface area contributed by atoms with Crippen LogP contribution in [0, 0.1) is 82.9 Å². The molecule has 0 aliphatic carbocycles. The second kappa shape index (κ2) is 70.8. The Hall–Kier alpha value is -3.24. The van der Waals surface area contributed by atoms with Gasteiger partial charge >= 0.3 is 0 Å². The molecule has 2 heterocycles. The van der Waals surface area contributed by atoms with Gasteiger partial charge in [0, 0.05) is 88.5 Å². The van der Waals surface area contributed by atoms with Crippen LogP contribution in [0.4, 0.5) is 0 Å². The number of hydrogen-bond donors (Lipinski definition) is 0. The molecule has 0 spiro atoms.